The van der Waals surface area contributed by atoms with E-state index < -0.39 is 11.8 Å². The normalized spacial score (nSPS) is 11.0. The first-order chi connectivity index (χ1) is 11.6. The number of hydrogen-bond donors (Lipinski definition) is 1. The third-order valence-corrected chi connectivity index (χ3v) is 4.10. The van der Waals surface area contributed by atoms with Crippen molar-refractivity contribution >= 4 is 16.9 Å². The lowest BCUT2D eigenvalue weighted by Gasteiger charge is -2.14. The van der Waals surface area contributed by atoms with Gasteiger partial charge in [0.05, 0.1) is 44.4 Å². The summed E-state index contributed by atoms with van der Waals surface area (Å²) in [6.07, 6.45) is 2.20. The second-order valence-corrected chi connectivity index (χ2v) is 5.60. The van der Waals surface area contributed by atoms with Gasteiger partial charge in [-0.3, -0.25) is 4.98 Å². The van der Waals surface area contributed by atoms with Crippen molar-refractivity contribution < 1.29 is 23.6 Å². The Labute approximate surface area is 141 Å². The standard InChI is InChI=1S/C18H23FN2O3/c1-4-21(5-2)7-6-8-24-18(22)13-9-15-16(19)10-14(23-3)11-17(15)20-12-13/h9-12H,4-8H2,1-3H3/p+1. The van der Waals surface area contributed by atoms with Gasteiger partial charge < -0.3 is 14.4 Å². The van der Waals surface area contributed by atoms with Crippen LogP contribution in [-0.4, -0.2) is 44.3 Å². The van der Waals surface area contributed by atoms with Crippen molar-refractivity contribution in [1.29, 1.82) is 0 Å². The van der Waals surface area contributed by atoms with Crippen molar-refractivity contribution in [3.63, 3.8) is 0 Å². The molecule has 130 valence electrons. The average Bonchev–Trinajstić information content (AvgIpc) is 2.61. The van der Waals surface area contributed by atoms with E-state index in [1.54, 1.807) is 6.07 Å². The van der Waals surface area contributed by atoms with Crippen LogP contribution in [0.5, 0.6) is 5.75 Å². The number of fused-ring (bicyclic) bond motifs is 1. The molecule has 0 aliphatic carbocycles. The van der Waals surface area contributed by atoms with Crippen LogP contribution in [0.2, 0.25) is 0 Å². The molecule has 0 unspecified atom stereocenters. The van der Waals surface area contributed by atoms with E-state index in [1.807, 2.05) is 0 Å². The molecule has 0 spiro atoms. The summed E-state index contributed by atoms with van der Waals surface area (Å²) in [7, 11) is 1.46. The van der Waals surface area contributed by atoms with E-state index in [9.17, 15) is 9.18 Å². The monoisotopic (exact) mass is 335 g/mol. The Kier molecular flexibility index (Phi) is 6.49. The quantitative estimate of drug-likeness (QED) is 0.591. The molecule has 0 saturated carbocycles. The number of ether oxygens (including phenoxy) is 2. The number of aromatic nitrogens is 1. The Balaban J connectivity index is 2.01. The van der Waals surface area contributed by atoms with E-state index in [-0.39, 0.29) is 10.9 Å². The van der Waals surface area contributed by atoms with Crippen LogP contribution < -0.4 is 9.64 Å². The summed E-state index contributed by atoms with van der Waals surface area (Å²) < 4.78 is 24.3. The molecule has 0 bridgehead atoms. The third-order valence-electron chi connectivity index (χ3n) is 4.10. The highest BCUT2D eigenvalue weighted by atomic mass is 19.1. The lowest BCUT2D eigenvalue weighted by Crippen LogP contribution is -3.11. The van der Waals surface area contributed by atoms with Gasteiger partial charge in [0.25, 0.3) is 0 Å². The minimum absolute atomic E-state index is 0.252. The lowest BCUT2D eigenvalue weighted by molar-refractivity contribution is -0.896. The van der Waals surface area contributed by atoms with Gasteiger partial charge in [-0.2, -0.15) is 0 Å². The maximum Gasteiger partial charge on any atom is 0.339 e. The highest BCUT2D eigenvalue weighted by Crippen LogP contribution is 2.23. The molecule has 1 aromatic heterocycles. The van der Waals surface area contributed by atoms with Crippen molar-refractivity contribution in [2.24, 2.45) is 0 Å². The molecule has 0 radical (unpaired) electrons. The summed E-state index contributed by atoms with van der Waals surface area (Å²) in [5.41, 5.74) is 0.690. The number of rotatable bonds is 8. The molecule has 0 fully saturated rings. The predicted octanol–water partition coefficient (Wildman–Crippen LogP) is 1.85. The van der Waals surface area contributed by atoms with Crippen molar-refractivity contribution in [3.8, 4) is 5.75 Å². The van der Waals surface area contributed by atoms with Crippen molar-refractivity contribution in [1.82, 2.24) is 4.98 Å². The molecule has 5 nitrogen and oxygen atoms in total. The van der Waals surface area contributed by atoms with Crippen LogP contribution in [0.25, 0.3) is 10.9 Å². The average molecular weight is 335 g/mol. The lowest BCUT2D eigenvalue weighted by atomic mass is 10.1. The van der Waals surface area contributed by atoms with Crippen LogP contribution in [0, 0.1) is 5.82 Å². The molecular weight excluding hydrogens is 311 g/mol. The number of benzene rings is 1. The molecule has 24 heavy (non-hydrogen) atoms. The van der Waals surface area contributed by atoms with Crippen LogP contribution >= 0.6 is 0 Å². The van der Waals surface area contributed by atoms with Gasteiger partial charge in [-0.1, -0.05) is 0 Å². The zero-order chi connectivity index (χ0) is 17.5. The second-order valence-electron chi connectivity index (χ2n) is 5.60. The van der Waals surface area contributed by atoms with Crippen molar-refractivity contribution in [2.45, 2.75) is 20.3 Å². The van der Waals surface area contributed by atoms with Crippen LogP contribution in [0.1, 0.15) is 30.6 Å². The van der Waals surface area contributed by atoms with E-state index in [0.717, 1.165) is 26.1 Å². The fourth-order valence-electron chi connectivity index (χ4n) is 2.56. The molecular formula is C18H24FN2O3+. The smallest absolute Gasteiger partial charge is 0.339 e. The first-order valence-electron chi connectivity index (χ1n) is 8.23. The van der Waals surface area contributed by atoms with Gasteiger partial charge in [0.2, 0.25) is 0 Å². The van der Waals surface area contributed by atoms with Crippen LogP contribution in [-0.2, 0) is 4.74 Å². The van der Waals surface area contributed by atoms with Gasteiger partial charge in [-0.15, -0.1) is 0 Å². The Morgan fingerprint density at radius 1 is 1.25 bits per heavy atom. The second kappa shape index (κ2) is 8.59. The molecule has 2 aromatic rings. The van der Waals surface area contributed by atoms with E-state index in [1.165, 1.54) is 30.3 Å². The van der Waals surface area contributed by atoms with E-state index >= 15 is 0 Å². The number of methoxy groups -OCH3 is 1. The van der Waals surface area contributed by atoms with Gasteiger partial charge in [0, 0.05) is 30.1 Å². The van der Waals surface area contributed by atoms with Gasteiger partial charge in [0.15, 0.2) is 0 Å². The zero-order valence-electron chi connectivity index (χ0n) is 14.4. The van der Waals surface area contributed by atoms with Crippen LogP contribution in [0.15, 0.2) is 24.4 Å². The van der Waals surface area contributed by atoms with Gasteiger partial charge >= 0.3 is 5.97 Å². The van der Waals surface area contributed by atoms with Gasteiger partial charge in [0.1, 0.15) is 11.6 Å². The molecule has 0 aliphatic rings. The van der Waals surface area contributed by atoms with Crippen molar-refractivity contribution in [3.05, 3.63) is 35.8 Å². The summed E-state index contributed by atoms with van der Waals surface area (Å²) in [5, 5.41) is 0.276. The maximum absolute atomic E-state index is 14.1. The molecule has 1 heterocycles. The minimum atomic E-state index is -0.478. The third kappa shape index (κ3) is 4.41. The Morgan fingerprint density at radius 2 is 2.00 bits per heavy atom. The number of carbonyl (C=O) groups excluding carboxylic acids is 1. The summed E-state index contributed by atoms with van der Waals surface area (Å²) in [6.45, 7) is 7.70. The molecule has 0 atom stereocenters. The predicted molar refractivity (Wildman–Crippen MR) is 90.1 cm³/mol. The molecule has 6 heteroatoms. The van der Waals surface area contributed by atoms with E-state index in [0.29, 0.717) is 17.9 Å². The molecule has 1 aromatic carbocycles. The fraction of sp³-hybridized carbons (Fsp3) is 0.444. The fourth-order valence-corrected chi connectivity index (χ4v) is 2.56. The largest absolute Gasteiger partial charge is 0.497 e. The topological polar surface area (TPSA) is 52.9 Å². The highest BCUT2D eigenvalue weighted by molar-refractivity contribution is 5.94. The molecule has 1 N–H and O–H groups in total. The first-order valence-corrected chi connectivity index (χ1v) is 8.23. The summed E-state index contributed by atoms with van der Waals surface area (Å²) in [6, 6.07) is 4.36. The van der Waals surface area contributed by atoms with Crippen LogP contribution in [0.4, 0.5) is 4.39 Å². The number of pyridine rings is 1. The molecule has 0 saturated heterocycles. The first kappa shape index (κ1) is 18.1. The Hall–Kier alpha value is -2.21. The Morgan fingerprint density at radius 3 is 2.67 bits per heavy atom. The minimum Gasteiger partial charge on any atom is -0.497 e. The summed E-state index contributed by atoms with van der Waals surface area (Å²) >= 11 is 0. The summed E-state index contributed by atoms with van der Waals surface area (Å²) in [4.78, 5) is 17.7. The number of esters is 1. The maximum atomic E-state index is 14.1. The van der Waals surface area contributed by atoms with Gasteiger partial charge in [-0.25, -0.2) is 9.18 Å². The number of hydrogen-bond acceptors (Lipinski definition) is 4. The van der Waals surface area contributed by atoms with Crippen LogP contribution in [0.3, 0.4) is 0 Å². The van der Waals surface area contributed by atoms with Gasteiger partial charge in [-0.05, 0) is 19.9 Å². The summed E-state index contributed by atoms with van der Waals surface area (Å²) in [5.74, 6) is -0.562. The van der Waals surface area contributed by atoms with Crippen molar-refractivity contribution in [2.75, 3.05) is 33.4 Å². The number of halogens is 1. The number of quaternary nitrogens is 1. The Bertz CT molecular complexity index is 702. The number of nitrogens with one attached hydrogen (secondary N) is 1. The molecule has 0 aliphatic heterocycles. The number of nitrogens with zero attached hydrogens (tertiary/aromatic N) is 1. The molecule has 0 amide bonds. The number of carbonyl (C=O) groups is 1. The van der Waals surface area contributed by atoms with E-state index in [4.69, 9.17) is 9.47 Å². The highest BCUT2D eigenvalue weighted by Gasteiger charge is 2.12. The molecule has 2 rings (SSSR count). The van der Waals surface area contributed by atoms with E-state index in [2.05, 4.69) is 18.8 Å². The SMILES string of the molecule is CC[NH+](CC)CCCOC(=O)c1cnc2cc(OC)cc(F)c2c1. The zero-order valence-corrected chi connectivity index (χ0v) is 14.4.